The number of aryl methyl sites for hydroxylation is 1. The van der Waals surface area contributed by atoms with Crippen LogP contribution in [0.3, 0.4) is 0 Å². The van der Waals surface area contributed by atoms with Crippen molar-refractivity contribution in [1.82, 2.24) is 10.2 Å². The number of aromatic nitrogens is 2. The number of methoxy groups -OCH3 is 3. The van der Waals surface area contributed by atoms with E-state index in [4.69, 9.17) is 14.2 Å². The Balaban J connectivity index is 1.63. The third kappa shape index (κ3) is 5.50. The van der Waals surface area contributed by atoms with Gasteiger partial charge in [0.15, 0.2) is 15.8 Å². The molecule has 0 saturated carbocycles. The van der Waals surface area contributed by atoms with Gasteiger partial charge in [0, 0.05) is 11.3 Å². The topological polar surface area (TPSA) is 111 Å². The molecule has 41 heavy (non-hydrogen) atoms. The standard InChI is InChI=1S/C30H27N3O6S2/c1-17-10-12-19(13-11-17)25(34)23-24(20-14-21(37-2)27(39-4)22(15-20)38-3)33(28(36)26(23)35)29-31-32-30(41-29)40-16-18-8-6-5-7-9-18/h5-15,24,34H,16H2,1-4H3/b25-23-. The largest absolute Gasteiger partial charge is 0.507 e. The SMILES string of the molecule is COc1cc(C2/C(=C(/O)c3ccc(C)cc3)C(=O)C(=O)N2c2nnc(SCc3ccccc3)s2)cc(OC)c1OC. The second-order valence-corrected chi connectivity index (χ2v) is 11.3. The summed E-state index contributed by atoms with van der Waals surface area (Å²) in [5.74, 6) is -0.280. The Morgan fingerprint density at radius 1 is 0.951 bits per heavy atom. The molecule has 1 unspecified atom stereocenters. The molecule has 1 aliphatic rings. The third-order valence-corrected chi connectivity index (χ3v) is 8.71. The van der Waals surface area contributed by atoms with Crippen LogP contribution in [0, 0.1) is 6.92 Å². The van der Waals surface area contributed by atoms with Crippen molar-refractivity contribution >= 4 is 45.7 Å². The maximum Gasteiger partial charge on any atom is 0.301 e. The monoisotopic (exact) mass is 589 g/mol. The molecule has 0 spiro atoms. The van der Waals surface area contributed by atoms with Gasteiger partial charge in [0.25, 0.3) is 5.78 Å². The van der Waals surface area contributed by atoms with E-state index >= 15 is 0 Å². The van der Waals surface area contributed by atoms with Gasteiger partial charge in [0.1, 0.15) is 5.76 Å². The van der Waals surface area contributed by atoms with Gasteiger partial charge in [-0.2, -0.15) is 0 Å². The molecule has 0 radical (unpaired) electrons. The average Bonchev–Trinajstić information content (AvgIpc) is 3.57. The molecule has 11 heteroatoms. The summed E-state index contributed by atoms with van der Waals surface area (Å²) in [6.07, 6.45) is 0. The Morgan fingerprint density at radius 3 is 2.22 bits per heavy atom. The van der Waals surface area contributed by atoms with E-state index < -0.39 is 17.7 Å². The molecule has 1 N–H and O–H groups in total. The van der Waals surface area contributed by atoms with Crippen molar-refractivity contribution in [3.63, 3.8) is 0 Å². The molecule has 2 heterocycles. The highest BCUT2D eigenvalue weighted by molar-refractivity contribution is 8.00. The maximum absolute atomic E-state index is 13.6. The normalized spacial score (nSPS) is 16.2. The number of thioether (sulfide) groups is 1. The van der Waals surface area contributed by atoms with Crippen molar-refractivity contribution in [2.45, 2.75) is 23.1 Å². The van der Waals surface area contributed by atoms with Crippen LogP contribution in [0.2, 0.25) is 0 Å². The number of ether oxygens (including phenoxy) is 3. The van der Waals surface area contributed by atoms with Crippen LogP contribution in [0.4, 0.5) is 5.13 Å². The summed E-state index contributed by atoms with van der Waals surface area (Å²) in [6.45, 7) is 1.92. The lowest BCUT2D eigenvalue weighted by atomic mass is 9.94. The highest BCUT2D eigenvalue weighted by atomic mass is 32.2. The number of amides is 1. The number of carbonyl (C=O) groups is 2. The maximum atomic E-state index is 13.6. The van der Waals surface area contributed by atoms with E-state index in [0.29, 0.717) is 38.5 Å². The van der Waals surface area contributed by atoms with Crippen LogP contribution < -0.4 is 19.1 Å². The zero-order valence-electron chi connectivity index (χ0n) is 22.8. The van der Waals surface area contributed by atoms with Gasteiger partial charge >= 0.3 is 5.91 Å². The van der Waals surface area contributed by atoms with E-state index in [-0.39, 0.29) is 16.5 Å². The number of hydrogen-bond acceptors (Lipinski definition) is 10. The van der Waals surface area contributed by atoms with Crippen LogP contribution in [0.1, 0.15) is 28.3 Å². The number of rotatable bonds is 9. The number of benzene rings is 3. The molecule has 210 valence electrons. The summed E-state index contributed by atoms with van der Waals surface area (Å²) in [5, 5.41) is 20.2. The Labute approximate surface area is 245 Å². The highest BCUT2D eigenvalue weighted by Gasteiger charge is 2.49. The minimum atomic E-state index is -1.04. The van der Waals surface area contributed by atoms with Gasteiger partial charge in [0.2, 0.25) is 10.9 Å². The second-order valence-electron chi connectivity index (χ2n) is 9.12. The van der Waals surface area contributed by atoms with Crippen molar-refractivity contribution < 1.29 is 28.9 Å². The van der Waals surface area contributed by atoms with Crippen LogP contribution in [0.5, 0.6) is 17.2 Å². The number of aliphatic hydroxyl groups excluding tert-OH is 1. The molecular formula is C30H27N3O6S2. The number of aliphatic hydroxyl groups is 1. The smallest absolute Gasteiger partial charge is 0.301 e. The van der Waals surface area contributed by atoms with Gasteiger partial charge in [0.05, 0.1) is 32.9 Å². The number of nitrogens with zero attached hydrogens (tertiary/aromatic N) is 3. The molecule has 4 aromatic rings. The first kappa shape index (κ1) is 28.2. The van der Waals surface area contributed by atoms with Crippen molar-refractivity contribution in [1.29, 1.82) is 0 Å². The molecule has 0 aliphatic carbocycles. The Hall–Kier alpha value is -4.35. The lowest BCUT2D eigenvalue weighted by Crippen LogP contribution is -2.29. The zero-order chi connectivity index (χ0) is 29.1. The Bertz CT molecular complexity index is 1590. The molecule has 0 bridgehead atoms. The predicted octanol–water partition coefficient (Wildman–Crippen LogP) is 5.79. The molecule has 1 aliphatic heterocycles. The number of Topliss-reactive ketones (excluding diaryl/α,β-unsaturated/α-hetero) is 1. The molecule has 3 aromatic carbocycles. The second kappa shape index (κ2) is 12.0. The Morgan fingerprint density at radius 2 is 1.61 bits per heavy atom. The molecule has 1 atom stereocenters. The van der Waals surface area contributed by atoms with Gasteiger partial charge < -0.3 is 19.3 Å². The van der Waals surface area contributed by atoms with E-state index in [9.17, 15) is 14.7 Å². The summed E-state index contributed by atoms with van der Waals surface area (Å²) in [7, 11) is 4.44. The summed E-state index contributed by atoms with van der Waals surface area (Å²) in [4.78, 5) is 28.4. The molecule has 1 fully saturated rings. The minimum Gasteiger partial charge on any atom is -0.507 e. The number of anilines is 1. The average molecular weight is 590 g/mol. The quantitative estimate of drug-likeness (QED) is 0.0852. The number of hydrogen-bond donors (Lipinski definition) is 1. The molecule has 9 nitrogen and oxygen atoms in total. The number of carbonyl (C=O) groups excluding carboxylic acids is 2. The van der Waals surface area contributed by atoms with E-state index in [1.165, 1.54) is 49.3 Å². The van der Waals surface area contributed by atoms with Crippen LogP contribution in [0.15, 0.2) is 76.6 Å². The van der Waals surface area contributed by atoms with E-state index in [1.54, 1.807) is 24.3 Å². The van der Waals surface area contributed by atoms with Crippen LogP contribution in [-0.4, -0.2) is 48.3 Å². The van der Waals surface area contributed by atoms with Crippen molar-refractivity contribution in [2.75, 3.05) is 26.2 Å². The molecule has 1 amide bonds. The predicted molar refractivity (Wildman–Crippen MR) is 158 cm³/mol. The van der Waals surface area contributed by atoms with E-state index in [0.717, 1.165) is 11.1 Å². The first-order valence-corrected chi connectivity index (χ1v) is 14.3. The molecular weight excluding hydrogens is 562 g/mol. The summed E-state index contributed by atoms with van der Waals surface area (Å²) >= 11 is 2.67. The highest BCUT2D eigenvalue weighted by Crippen LogP contribution is 2.48. The fourth-order valence-electron chi connectivity index (χ4n) is 4.55. The van der Waals surface area contributed by atoms with Crippen molar-refractivity contribution in [2.24, 2.45) is 0 Å². The minimum absolute atomic E-state index is 0.0817. The van der Waals surface area contributed by atoms with E-state index in [1.807, 2.05) is 49.4 Å². The lowest BCUT2D eigenvalue weighted by molar-refractivity contribution is -0.132. The molecule has 5 rings (SSSR count). The summed E-state index contributed by atoms with van der Waals surface area (Å²) in [5.41, 5.74) is 2.88. The molecule has 1 saturated heterocycles. The van der Waals surface area contributed by atoms with Crippen LogP contribution >= 0.6 is 23.1 Å². The van der Waals surface area contributed by atoms with Crippen LogP contribution in [-0.2, 0) is 15.3 Å². The third-order valence-electron chi connectivity index (χ3n) is 6.58. The Kier molecular flexibility index (Phi) is 8.27. The first-order chi connectivity index (χ1) is 19.9. The fourth-order valence-corrected chi connectivity index (χ4v) is 6.37. The molecule has 1 aromatic heterocycles. The summed E-state index contributed by atoms with van der Waals surface area (Å²) < 4.78 is 17.2. The van der Waals surface area contributed by atoms with E-state index in [2.05, 4.69) is 10.2 Å². The van der Waals surface area contributed by atoms with Gasteiger partial charge in [-0.25, -0.2) is 0 Å². The van der Waals surface area contributed by atoms with Gasteiger partial charge in [-0.1, -0.05) is 83.3 Å². The lowest BCUT2D eigenvalue weighted by Gasteiger charge is -2.24. The van der Waals surface area contributed by atoms with Gasteiger partial charge in [-0.05, 0) is 30.2 Å². The van der Waals surface area contributed by atoms with Crippen LogP contribution in [0.25, 0.3) is 5.76 Å². The first-order valence-electron chi connectivity index (χ1n) is 12.5. The fraction of sp³-hybridized carbons (Fsp3) is 0.200. The van der Waals surface area contributed by atoms with Crippen molar-refractivity contribution in [3.8, 4) is 17.2 Å². The number of ketones is 1. The van der Waals surface area contributed by atoms with Gasteiger partial charge in [-0.3, -0.25) is 14.5 Å². The zero-order valence-corrected chi connectivity index (χ0v) is 24.4. The van der Waals surface area contributed by atoms with Crippen molar-refractivity contribution in [3.05, 3.63) is 94.6 Å². The summed E-state index contributed by atoms with van der Waals surface area (Å²) in [6, 6.07) is 19.2. The van der Waals surface area contributed by atoms with Gasteiger partial charge in [-0.15, -0.1) is 10.2 Å².